The lowest BCUT2D eigenvalue weighted by molar-refractivity contribution is 0.433. The van der Waals surface area contributed by atoms with Gasteiger partial charge in [0.25, 0.3) is 0 Å². The maximum Gasteiger partial charge on any atom is 0.208 e. The number of hydrogen-bond acceptors (Lipinski definition) is 5. The normalized spacial score (nSPS) is 12.7. The topological polar surface area (TPSA) is 55.9 Å². The number of hydrogen-bond donors (Lipinski definition) is 1. The molecular formula is C14H16N4OS. The first-order valence-corrected chi connectivity index (χ1v) is 7.27. The van der Waals surface area contributed by atoms with Crippen LogP contribution in [0.15, 0.2) is 40.5 Å². The Labute approximate surface area is 121 Å². The van der Waals surface area contributed by atoms with Gasteiger partial charge in [-0.1, -0.05) is 6.07 Å². The van der Waals surface area contributed by atoms with Crippen LogP contribution in [-0.2, 0) is 13.6 Å². The van der Waals surface area contributed by atoms with Crippen LogP contribution in [0.2, 0.25) is 0 Å². The molecule has 0 bridgehead atoms. The molecule has 104 valence electrons. The maximum absolute atomic E-state index is 5.50. The molecule has 6 heteroatoms. The van der Waals surface area contributed by atoms with Gasteiger partial charge in [0, 0.05) is 24.3 Å². The largest absolute Gasteiger partial charge is 0.445 e. The van der Waals surface area contributed by atoms with Gasteiger partial charge in [0.2, 0.25) is 5.89 Å². The van der Waals surface area contributed by atoms with Crippen LogP contribution in [0, 0.1) is 6.92 Å². The van der Waals surface area contributed by atoms with Crippen molar-refractivity contribution in [3.63, 3.8) is 0 Å². The Hall–Kier alpha value is -1.92. The van der Waals surface area contributed by atoms with Gasteiger partial charge in [-0.25, -0.2) is 9.97 Å². The Morgan fingerprint density at radius 1 is 1.45 bits per heavy atom. The van der Waals surface area contributed by atoms with Crippen molar-refractivity contribution in [2.75, 3.05) is 0 Å². The summed E-state index contributed by atoms with van der Waals surface area (Å²) in [6.45, 7) is 2.47. The molecule has 1 unspecified atom stereocenters. The van der Waals surface area contributed by atoms with E-state index in [-0.39, 0.29) is 6.04 Å². The van der Waals surface area contributed by atoms with E-state index in [1.165, 1.54) is 4.88 Å². The SMILES string of the molecule is Cc1cnc(CNC(c2cccs2)c2nccn2C)o1. The van der Waals surface area contributed by atoms with Crippen molar-refractivity contribution < 1.29 is 4.42 Å². The van der Waals surface area contributed by atoms with Crippen molar-refractivity contribution in [2.45, 2.75) is 19.5 Å². The van der Waals surface area contributed by atoms with Crippen LogP contribution in [0.4, 0.5) is 0 Å². The highest BCUT2D eigenvalue weighted by Crippen LogP contribution is 2.25. The highest BCUT2D eigenvalue weighted by Gasteiger charge is 2.19. The van der Waals surface area contributed by atoms with Gasteiger partial charge in [-0.05, 0) is 18.4 Å². The first-order chi connectivity index (χ1) is 9.74. The summed E-state index contributed by atoms with van der Waals surface area (Å²) >= 11 is 1.71. The number of imidazole rings is 1. The van der Waals surface area contributed by atoms with E-state index in [9.17, 15) is 0 Å². The molecule has 0 aliphatic heterocycles. The van der Waals surface area contributed by atoms with Crippen LogP contribution in [0.3, 0.4) is 0 Å². The monoisotopic (exact) mass is 288 g/mol. The molecule has 3 heterocycles. The summed E-state index contributed by atoms with van der Waals surface area (Å²) in [7, 11) is 2.00. The molecule has 0 aliphatic carbocycles. The molecule has 3 rings (SSSR count). The number of aromatic nitrogens is 3. The summed E-state index contributed by atoms with van der Waals surface area (Å²) in [5, 5.41) is 5.54. The van der Waals surface area contributed by atoms with Crippen LogP contribution in [-0.4, -0.2) is 14.5 Å². The molecule has 20 heavy (non-hydrogen) atoms. The minimum atomic E-state index is 0.0437. The van der Waals surface area contributed by atoms with Gasteiger partial charge in [0.1, 0.15) is 17.6 Å². The fraction of sp³-hybridized carbons (Fsp3) is 0.286. The quantitative estimate of drug-likeness (QED) is 0.784. The number of thiophene rings is 1. The molecule has 3 aromatic heterocycles. The van der Waals surface area contributed by atoms with Crippen molar-refractivity contribution in [1.29, 1.82) is 0 Å². The molecule has 0 fully saturated rings. The highest BCUT2D eigenvalue weighted by molar-refractivity contribution is 7.10. The molecule has 3 aromatic rings. The molecule has 5 nitrogen and oxygen atoms in total. The highest BCUT2D eigenvalue weighted by atomic mass is 32.1. The number of nitrogens with zero attached hydrogens (tertiary/aromatic N) is 3. The molecular weight excluding hydrogens is 272 g/mol. The smallest absolute Gasteiger partial charge is 0.208 e. The van der Waals surface area contributed by atoms with E-state index < -0.39 is 0 Å². The second-order valence-electron chi connectivity index (χ2n) is 4.59. The number of nitrogens with one attached hydrogen (secondary N) is 1. The van der Waals surface area contributed by atoms with E-state index in [2.05, 4.69) is 26.7 Å². The second kappa shape index (κ2) is 5.60. The summed E-state index contributed by atoms with van der Waals surface area (Å²) in [6, 6.07) is 4.20. The van der Waals surface area contributed by atoms with Crippen LogP contribution in [0.25, 0.3) is 0 Å². The standard InChI is InChI=1S/C14H16N4OS/c1-10-8-16-12(19-10)9-17-13(11-4-3-7-20-11)14-15-5-6-18(14)2/h3-8,13,17H,9H2,1-2H3. The summed E-state index contributed by atoms with van der Waals surface area (Å²) < 4.78 is 7.53. The third kappa shape index (κ3) is 2.66. The van der Waals surface area contributed by atoms with Gasteiger partial charge in [-0.15, -0.1) is 11.3 Å². The lowest BCUT2D eigenvalue weighted by Crippen LogP contribution is -2.24. The Morgan fingerprint density at radius 3 is 2.95 bits per heavy atom. The predicted molar refractivity (Wildman–Crippen MR) is 77.4 cm³/mol. The third-order valence-corrected chi connectivity index (χ3v) is 4.01. The van der Waals surface area contributed by atoms with Gasteiger partial charge >= 0.3 is 0 Å². The Morgan fingerprint density at radius 2 is 2.35 bits per heavy atom. The third-order valence-electron chi connectivity index (χ3n) is 3.07. The Bertz CT molecular complexity index is 671. The van der Waals surface area contributed by atoms with E-state index >= 15 is 0 Å². The summed E-state index contributed by atoms with van der Waals surface area (Å²) in [6.07, 6.45) is 5.50. The minimum Gasteiger partial charge on any atom is -0.445 e. The first-order valence-electron chi connectivity index (χ1n) is 6.39. The van der Waals surface area contributed by atoms with Crippen molar-refractivity contribution in [3.8, 4) is 0 Å². The van der Waals surface area contributed by atoms with E-state index in [4.69, 9.17) is 4.42 Å². The zero-order valence-electron chi connectivity index (χ0n) is 11.4. The maximum atomic E-state index is 5.50. The molecule has 1 atom stereocenters. The summed E-state index contributed by atoms with van der Waals surface area (Å²) in [4.78, 5) is 9.89. The predicted octanol–water partition coefficient (Wildman–Crippen LogP) is 2.66. The van der Waals surface area contributed by atoms with Crippen LogP contribution >= 0.6 is 11.3 Å². The van der Waals surface area contributed by atoms with Crippen LogP contribution < -0.4 is 5.32 Å². The van der Waals surface area contributed by atoms with Crippen molar-refractivity contribution >= 4 is 11.3 Å². The fourth-order valence-corrected chi connectivity index (χ4v) is 2.90. The lowest BCUT2D eigenvalue weighted by Gasteiger charge is -2.16. The van der Waals surface area contributed by atoms with Gasteiger partial charge in [-0.3, -0.25) is 5.32 Å². The molecule has 0 spiro atoms. The zero-order valence-corrected chi connectivity index (χ0v) is 12.2. The molecule has 0 aliphatic rings. The second-order valence-corrected chi connectivity index (χ2v) is 5.57. The lowest BCUT2D eigenvalue weighted by atomic mass is 10.2. The fourth-order valence-electron chi connectivity index (χ4n) is 2.10. The molecule has 0 saturated heterocycles. The van der Waals surface area contributed by atoms with Gasteiger partial charge in [-0.2, -0.15) is 0 Å². The molecule has 0 amide bonds. The molecule has 0 radical (unpaired) electrons. The molecule has 1 N–H and O–H groups in total. The van der Waals surface area contributed by atoms with Crippen LogP contribution in [0.1, 0.15) is 28.4 Å². The average Bonchev–Trinajstić information content (AvgIpc) is 3.14. The van der Waals surface area contributed by atoms with Gasteiger partial charge in [0.05, 0.1) is 12.7 Å². The Kier molecular flexibility index (Phi) is 3.66. The first kappa shape index (κ1) is 13.1. The van der Waals surface area contributed by atoms with Crippen molar-refractivity contribution in [3.05, 3.63) is 58.5 Å². The Balaban J connectivity index is 1.81. The van der Waals surface area contributed by atoms with E-state index in [0.29, 0.717) is 12.4 Å². The summed E-state index contributed by atoms with van der Waals surface area (Å²) in [5.74, 6) is 2.50. The van der Waals surface area contributed by atoms with E-state index in [0.717, 1.165) is 11.6 Å². The van der Waals surface area contributed by atoms with Gasteiger partial charge < -0.3 is 8.98 Å². The van der Waals surface area contributed by atoms with Crippen LogP contribution in [0.5, 0.6) is 0 Å². The van der Waals surface area contributed by atoms with Gasteiger partial charge in [0.15, 0.2) is 0 Å². The average molecular weight is 288 g/mol. The summed E-state index contributed by atoms with van der Waals surface area (Å²) in [5.41, 5.74) is 0. The number of rotatable bonds is 5. The molecule has 0 aromatic carbocycles. The van der Waals surface area contributed by atoms with E-state index in [1.807, 2.05) is 37.0 Å². The number of aryl methyl sites for hydroxylation is 2. The zero-order chi connectivity index (χ0) is 13.9. The van der Waals surface area contributed by atoms with Crippen molar-refractivity contribution in [1.82, 2.24) is 19.9 Å². The number of oxazole rings is 1. The van der Waals surface area contributed by atoms with E-state index in [1.54, 1.807) is 17.5 Å². The molecule has 0 saturated carbocycles. The van der Waals surface area contributed by atoms with Crippen molar-refractivity contribution in [2.24, 2.45) is 7.05 Å². The minimum absolute atomic E-state index is 0.0437.